The van der Waals surface area contributed by atoms with Crippen LogP contribution in [0.2, 0.25) is 0 Å². The van der Waals surface area contributed by atoms with Crippen LogP contribution in [0.3, 0.4) is 0 Å². The summed E-state index contributed by atoms with van der Waals surface area (Å²) in [7, 11) is 0. The highest BCUT2D eigenvalue weighted by molar-refractivity contribution is 6.01. The van der Waals surface area contributed by atoms with Gasteiger partial charge in [-0.05, 0) is 19.1 Å². The third-order valence-corrected chi connectivity index (χ3v) is 3.71. The molecule has 1 aromatic heterocycles. The average molecular weight is 286 g/mol. The van der Waals surface area contributed by atoms with Crippen molar-refractivity contribution in [2.45, 2.75) is 6.92 Å². The van der Waals surface area contributed by atoms with Crippen LogP contribution in [0.1, 0.15) is 6.92 Å². The molecule has 108 valence electrons. The van der Waals surface area contributed by atoms with E-state index in [1.54, 1.807) is 23.2 Å². The van der Waals surface area contributed by atoms with E-state index in [1.165, 1.54) is 12.3 Å². The number of fused-ring (bicyclic) bond motifs is 1. The second-order valence-corrected chi connectivity index (χ2v) is 4.87. The van der Waals surface area contributed by atoms with Gasteiger partial charge in [0.15, 0.2) is 0 Å². The molecule has 7 heteroatoms. The van der Waals surface area contributed by atoms with Crippen LogP contribution >= 0.6 is 0 Å². The Morgan fingerprint density at radius 2 is 2.14 bits per heavy atom. The van der Waals surface area contributed by atoms with Crippen LogP contribution in [0.25, 0.3) is 10.8 Å². The van der Waals surface area contributed by atoms with Crippen molar-refractivity contribution < 1.29 is 9.72 Å². The largest absolute Gasteiger partial charge is 0.344 e. The molecule has 21 heavy (non-hydrogen) atoms. The van der Waals surface area contributed by atoms with Gasteiger partial charge in [-0.15, -0.1) is 0 Å². The molecule has 1 fully saturated rings. The predicted molar refractivity (Wildman–Crippen MR) is 78.0 cm³/mol. The molecule has 1 aromatic carbocycles. The molecule has 0 radical (unpaired) electrons. The minimum absolute atomic E-state index is 0.0275. The first-order chi connectivity index (χ1) is 10.1. The van der Waals surface area contributed by atoms with Crippen LogP contribution in [0.15, 0.2) is 30.6 Å². The van der Waals surface area contributed by atoms with Gasteiger partial charge in [-0.3, -0.25) is 19.9 Å². The molecular formula is C14H14N4O3. The molecule has 0 aliphatic carbocycles. The number of anilines is 1. The van der Waals surface area contributed by atoms with Crippen molar-refractivity contribution in [2.24, 2.45) is 0 Å². The number of hydrogen-bond acceptors (Lipinski definition) is 5. The van der Waals surface area contributed by atoms with Crippen LogP contribution in [-0.2, 0) is 4.79 Å². The second kappa shape index (κ2) is 5.01. The zero-order chi connectivity index (χ0) is 15.0. The van der Waals surface area contributed by atoms with E-state index in [-0.39, 0.29) is 11.6 Å². The lowest BCUT2D eigenvalue weighted by Crippen LogP contribution is -2.26. The highest BCUT2D eigenvalue weighted by Crippen LogP contribution is 2.33. The number of rotatable bonds is 3. The molecular weight excluding hydrogens is 272 g/mol. The van der Waals surface area contributed by atoms with Gasteiger partial charge in [0.25, 0.3) is 5.69 Å². The summed E-state index contributed by atoms with van der Waals surface area (Å²) in [5, 5.41) is 12.3. The van der Waals surface area contributed by atoms with E-state index in [9.17, 15) is 14.9 Å². The molecule has 0 spiro atoms. The van der Waals surface area contributed by atoms with E-state index in [0.717, 1.165) is 11.1 Å². The molecule has 1 aliphatic heterocycles. The zero-order valence-corrected chi connectivity index (χ0v) is 11.5. The summed E-state index contributed by atoms with van der Waals surface area (Å²) in [5.41, 5.74) is 0.849. The highest BCUT2D eigenvalue weighted by Gasteiger charge is 2.28. The number of hydrogen-bond donors (Lipinski definition) is 0. The van der Waals surface area contributed by atoms with E-state index in [4.69, 9.17) is 0 Å². The van der Waals surface area contributed by atoms with E-state index >= 15 is 0 Å². The number of nitro benzene ring substituents is 1. The summed E-state index contributed by atoms with van der Waals surface area (Å²) >= 11 is 0. The molecule has 0 saturated carbocycles. The van der Waals surface area contributed by atoms with Crippen molar-refractivity contribution in [3.63, 3.8) is 0 Å². The third kappa shape index (κ3) is 2.16. The van der Waals surface area contributed by atoms with Gasteiger partial charge < -0.3 is 9.80 Å². The molecule has 2 heterocycles. The molecule has 1 amide bonds. The van der Waals surface area contributed by atoms with Crippen LogP contribution in [-0.4, -0.2) is 40.5 Å². The van der Waals surface area contributed by atoms with Gasteiger partial charge >= 0.3 is 0 Å². The molecule has 0 unspecified atom stereocenters. The summed E-state index contributed by atoms with van der Waals surface area (Å²) in [6.45, 7) is 3.38. The van der Waals surface area contributed by atoms with Gasteiger partial charge in [-0.1, -0.05) is 0 Å². The Morgan fingerprint density at radius 3 is 2.81 bits per heavy atom. The fraction of sp³-hybridized carbons (Fsp3) is 0.286. The first kappa shape index (κ1) is 13.3. The van der Waals surface area contributed by atoms with Gasteiger partial charge in [0.05, 0.1) is 23.5 Å². The number of non-ortho nitro benzene ring substituents is 1. The quantitative estimate of drug-likeness (QED) is 0.634. The average Bonchev–Trinajstić information content (AvgIpc) is 2.86. The lowest BCUT2D eigenvalue weighted by atomic mass is 10.1. The predicted octanol–water partition coefficient (Wildman–Crippen LogP) is 1.77. The fourth-order valence-corrected chi connectivity index (χ4v) is 2.63. The Hall–Kier alpha value is -2.70. The van der Waals surface area contributed by atoms with E-state index < -0.39 is 4.92 Å². The molecule has 1 saturated heterocycles. The Bertz CT molecular complexity index is 731. The van der Waals surface area contributed by atoms with Crippen LogP contribution in [0, 0.1) is 10.1 Å². The Kier molecular flexibility index (Phi) is 3.17. The van der Waals surface area contributed by atoms with E-state index in [0.29, 0.717) is 25.1 Å². The normalized spacial score (nSPS) is 15.0. The molecule has 3 rings (SSSR count). The molecule has 0 atom stereocenters. The van der Waals surface area contributed by atoms with Crippen molar-refractivity contribution in [1.29, 1.82) is 0 Å². The van der Waals surface area contributed by atoms with Crippen LogP contribution < -0.4 is 4.90 Å². The summed E-state index contributed by atoms with van der Waals surface area (Å²) in [4.78, 5) is 30.2. The van der Waals surface area contributed by atoms with Gasteiger partial charge in [-0.2, -0.15) is 0 Å². The van der Waals surface area contributed by atoms with Crippen molar-refractivity contribution >= 4 is 28.1 Å². The molecule has 7 nitrogen and oxygen atoms in total. The Labute approximate surface area is 120 Å². The minimum Gasteiger partial charge on any atom is -0.344 e. The number of nitro groups is 1. The summed E-state index contributed by atoms with van der Waals surface area (Å²) in [6, 6.07) is 4.92. The van der Waals surface area contributed by atoms with Crippen molar-refractivity contribution in [3.8, 4) is 0 Å². The standard InChI is InChI=1S/C14H14N4O3/c1-2-16-9-17(8-14(16)19)12-3-4-13(18(20)21)11-7-15-6-5-10(11)12/h3-7H,2,8-9H2,1H3. The number of carbonyl (C=O) groups excluding carboxylic acids is 1. The maximum Gasteiger partial charge on any atom is 0.278 e. The number of aromatic nitrogens is 1. The Balaban J connectivity index is 2.11. The molecule has 0 N–H and O–H groups in total. The number of nitrogens with zero attached hydrogens (tertiary/aromatic N) is 4. The molecule has 2 aromatic rings. The van der Waals surface area contributed by atoms with Gasteiger partial charge in [0.1, 0.15) is 0 Å². The number of benzene rings is 1. The zero-order valence-electron chi connectivity index (χ0n) is 11.5. The number of likely N-dealkylation sites (N-methyl/N-ethyl adjacent to an activating group) is 1. The van der Waals surface area contributed by atoms with Gasteiger partial charge in [0.2, 0.25) is 5.91 Å². The highest BCUT2D eigenvalue weighted by atomic mass is 16.6. The number of pyridine rings is 1. The second-order valence-electron chi connectivity index (χ2n) is 4.87. The fourth-order valence-electron chi connectivity index (χ4n) is 2.63. The van der Waals surface area contributed by atoms with Crippen LogP contribution in [0.4, 0.5) is 11.4 Å². The molecule has 1 aliphatic rings. The minimum atomic E-state index is -0.415. The van der Waals surface area contributed by atoms with E-state index in [2.05, 4.69) is 4.98 Å². The smallest absolute Gasteiger partial charge is 0.278 e. The van der Waals surface area contributed by atoms with E-state index in [1.807, 2.05) is 11.8 Å². The Morgan fingerprint density at radius 1 is 1.33 bits per heavy atom. The number of carbonyl (C=O) groups is 1. The maximum atomic E-state index is 11.9. The van der Waals surface area contributed by atoms with Gasteiger partial charge in [-0.25, -0.2) is 0 Å². The lowest BCUT2D eigenvalue weighted by molar-refractivity contribution is -0.383. The van der Waals surface area contributed by atoms with Crippen molar-refractivity contribution in [3.05, 3.63) is 40.7 Å². The monoisotopic (exact) mass is 286 g/mol. The van der Waals surface area contributed by atoms with Crippen molar-refractivity contribution in [1.82, 2.24) is 9.88 Å². The third-order valence-electron chi connectivity index (χ3n) is 3.71. The topological polar surface area (TPSA) is 79.6 Å². The maximum absolute atomic E-state index is 11.9. The van der Waals surface area contributed by atoms with Crippen molar-refractivity contribution in [2.75, 3.05) is 24.7 Å². The summed E-state index contributed by atoms with van der Waals surface area (Å²) in [5.74, 6) is 0.0676. The lowest BCUT2D eigenvalue weighted by Gasteiger charge is -2.20. The number of amides is 1. The summed E-state index contributed by atoms with van der Waals surface area (Å²) < 4.78 is 0. The van der Waals surface area contributed by atoms with Gasteiger partial charge in [0, 0.05) is 36.1 Å². The summed E-state index contributed by atoms with van der Waals surface area (Å²) in [6.07, 6.45) is 3.09. The first-order valence-electron chi connectivity index (χ1n) is 6.65. The SMILES string of the molecule is CCN1CN(c2ccc([N+](=O)[O-])c3cnccc23)CC1=O. The molecule has 0 bridgehead atoms. The van der Waals surface area contributed by atoms with Crippen LogP contribution in [0.5, 0.6) is 0 Å². The first-order valence-corrected chi connectivity index (χ1v) is 6.65.